The van der Waals surface area contributed by atoms with Gasteiger partial charge in [-0.1, -0.05) is 42.5 Å². The van der Waals surface area contributed by atoms with E-state index in [2.05, 4.69) is 26.3 Å². The van der Waals surface area contributed by atoms with E-state index in [4.69, 9.17) is 0 Å². The molecular weight excluding hydrogens is 447 g/mol. The molecule has 8 heteroatoms. The van der Waals surface area contributed by atoms with Gasteiger partial charge in [-0.3, -0.25) is 9.48 Å². The van der Waals surface area contributed by atoms with Gasteiger partial charge in [0.2, 0.25) is 5.91 Å². The Balaban J connectivity index is 1.49. The second-order valence-corrected chi connectivity index (χ2v) is 7.76. The van der Waals surface area contributed by atoms with Crippen LogP contribution in [0.3, 0.4) is 0 Å². The largest absolute Gasteiger partial charge is 0.436 e. The van der Waals surface area contributed by atoms with Crippen molar-refractivity contribution < 1.29 is 18.0 Å². The van der Waals surface area contributed by atoms with Gasteiger partial charge in [0.25, 0.3) is 0 Å². The Morgan fingerprint density at radius 3 is 2.28 bits per heavy atom. The maximum atomic E-state index is 13.2. The lowest BCUT2D eigenvalue weighted by molar-refractivity contribution is -0.142. The highest BCUT2D eigenvalue weighted by Gasteiger charge is 2.41. The van der Waals surface area contributed by atoms with Crippen LogP contribution < -0.4 is 5.32 Å². The molecule has 1 fully saturated rings. The van der Waals surface area contributed by atoms with Gasteiger partial charge in [0.15, 0.2) is 5.69 Å². The van der Waals surface area contributed by atoms with E-state index in [0.717, 1.165) is 28.7 Å². The third kappa shape index (κ3) is 4.37. The SMILES string of the molecule is O=C(Cn1nc(C(F)(F)F)c(Br)c1C1CC1)Nc1ccc(-c2ccccc2)cc1. The Labute approximate surface area is 173 Å². The van der Waals surface area contributed by atoms with E-state index in [1.807, 2.05) is 42.5 Å². The Morgan fingerprint density at radius 2 is 1.69 bits per heavy atom. The van der Waals surface area contributed by atoms with E-state index in [-0.39, 0.29) is 16.9 Å². The first kappa shape index (κ1) is 19.7. The predicted molar refractivity (Wildman–Crippen MR) is 107 cm³/mol. The molecule has 1 aliphatic carbocycles. The molecule has 3 aromatic rings. The number of alkyl halides is 3. The van der Waals surface area contributed by atoms with Gasteiger partial charge in [-0.25, -0.2) is 0 Å². The average Bonchev–Trinajstić information content (AvgIpc) is 3.46. The highest BCUT2D eigenvalue weighted by atomic mass is 79.9. The smallest absolute Gasteiger partial charge is 0.324 e. The molecule has 29 heavy (non-hydrogen) atoms. The van der Waals surface area contributed by atoms with Crippen molar-refractivity contribution in [3.8, 4) is 11.1 Å². The van der Waals surface area contributed by atoms with Crippen molar-refractivity contribution in [3.05, 3.63) is 70.5 Å². The molecule has 0 aliphatic heterocycles. The Kier molecular flexibility index (Phi) is 5.21. The summed E-state index contributed by atoms with van der Waals surface area (Å²) in [6.45, 7) is -0.277. The second kappa shape index (κ2) is 7.67. The highest BCUT2D eigenvalue weighted by Crippen LogP contribution is 2.46. The molecule has 4 nitrogen and oxygen atoms in total. The quantitative estimate of drug-likeness (QED) is 0.515. The summed E-state index contributed by atoms with van der Waals surface area (Å²) in [6.07, 6.45) is -2.98. The first-order valence-electron chi connectivity index (χ1n) is 9.11. The summed E-state index contributed by atoms with van der Waals surface area (Å²) >= 11 is 3.03. The van der Waals surface area contributed by atoms with Crippen molar-refractivity contribution in [3.63, 3.8) is 0 Å². The molecule has 150 valence electrons. The monoisotopic (exact) mass is 463 g/mol. The van der Waals surface area contributed by atoms with Crippen molar-refractivity contribution in [2.24, 2.45) is 0 Å². The van der Waals surface area contributed by atoms with Crippen LogP contribution in [0.25, 0.3) is 11.1 Å². The first-order chi connectivity index (χ1) is 13.8. The molecule has 1 aromatic heterocycles. The third-order valence-corrected chi connectivity index (χ3v) is 5.52. The molecule has 1 amide bonds. The van der Waals surface area contributed by atoms with Crippen molar-refractivity contribution in [2.75, 3.05) is 5.32 Å². The molecule has 1 N–H and O–H groups in total. The van der Waals surface area contributed by atoms with Crippen LogP contribution in [0.15, 0.2) is 59.1 Å². The lowest BCUT2D eigenvalue weighted by Gasteiger charge is -2.09. The number of aromatic nitrogens is 2. The number of carbonyl (C=O) groups is 1. The van der Waals surface area contributed by atoms with Crippen LogP contribution in [-0.2, 0) is 17.5 Å². The fourth-order valence-corrected chi connectivity index (χ4v) is 4.05. The van der Waals surface area contributed by atoms with Crippen LogP contribution in [0.4, 0.5) is 18.9 Å². The minimum atomic E-state index is -4.57. The maximum Gasteiger partial charge on any atom is 0.436 e. The van der Waals surface area contributed by atoms with E-state index in [0.29, 0.717) is 11.4 Å². The Hall–Kier alpha value is -2.61. The van der Waals surface area contributed by atoms with Gasteiger partial charge in [-0.05, 0) is 52.0 Å². The number of nitrogens with zero attached hydrogens (tertiary/aromatic N) is 2. The lowest BCUT2D eigenvalue weighted by atomic mass is 10.1. The van der Waals surface area contributed by atoms with Crippen LogP contribution in [0.1, 0.15) is 30.1 Å². The van der Waals surface area contributed by atoms with E-state index in [1.165, 1.54) is 0 Å². The van der Waals surface area contributed by atoms with Gasteiger partial charge in [-0.2, -0.15) is 18.3 Å². The molecular formula is C21H17BrF3N3O. The van der Waals surface area contributed by atoms with Crippen LogP contribution in [0.2, 0.25) is 0 Å². The highest BCUT2D eigenvalue weighted by molar-refractivity contribution is 9.10. The van der Waals surface area contributed by atoms with Crippen LogP contribution >= 0.6 is 15.9 Å². The molecule has 0 radical (unpaired) electrons. The van der Waals surface area contributed by atoms with Gasteiger partial charge in [0.05, 0.1) is 10.2 Å². The van der Waals surface area contributed by atoms with E-state index in [1.54, 1.807) is 12.1 Å². The van der Waals surface area contributed by atoms with Crippen molar-refractivity contribution >= 4 is 27.5 Å². The number of halogens is 4. The molecule has 4 rings (SSSR count). The van der Waals surface area contributed by atoms with Gasteiger partial charge in [0.1, 0.15) is 6.54 Å². The second-order valence-electron chi connectivity index (χ2n) is 6.97. The van der Waals surface area contributed by atoms with E-state index < -0.39 is 17.8 Å². The molecule has 1 heterocycles. The van der Waals surface area contributed by atoms with E-state index in [9.17, 15) is 18.0 Å². The number of amides is 1. The standard InChI is InChI=1S/C21H17BrF3N3O/c22-18-19(15-6-7-15)28(27-20(18)21(23,24)25)12-17(29)26-16-10-8-14(9-11-16)13-4-2-1-3-5-13/h1-5,8-11,15H,6-7,12H2,(H,26,29). The summed E-state index contributed by atoms with van der Waals surface area (Å²) in [7, 11) is 0. The summed E-state index contributed by atoms with van der Waals surface area (Å²) in [5, 5.41) is 6.39. The Bertz CT molecular complexity index is 1030. The molecule has 1 aliphatic rings. The molecule has 0 saturated heterocycles. The minimum Gasteiger partial charge on any atom is -0.324 e. The molecule has 2 aromatic carbocycles. The van der Waals surface area contributed by atoms with Gasteiger partial charge in [0, 0.05) is 11.6 Å². The zero-order chi connectivity index (χ0) is 20.6. The number of carbonyl (C=O) groups excluding carboxylic acids is 1. The molecule has 0 atom stereocenters. The van der Waals surface area contributed by atoms with Gasteiger partial charge < -0.3 is 5.32 Å². The Morgan fingerprint density at radius 1 is 1.07 bits per heavy atom. The van der Waals surface area contributed by atoms with Gasteiger partial charge >= 0.3 is 6.18 Å². The number of anilines is 1. The number of benzene rings is 2. The fraction of sp³-hybridized carbons (Fsp3) is 0.238. The lowest BCUT2D eigenvalue weighted by Crippen LogP contribution is -2.21. The number of hydrogen-bond donors (Lipinski definition) is 1. The van der Waals surface area contributed by atoms with Crippen LogP contribution in [-0.4, -0.2) is 15.7 Å². The van der Waals surface area contributed by atoms with Crippen molar-refractivity contribution in [1.29, 1.82) is 0 Å². The minimum absolute atomic E-state index is 0.00549. The third-order valence-electron chi connectivity index (χ3n) is 4.73. The number of hydrogen-bond acceptors (Lipinski definition) is 2. The fourth-order valence-electron chi connectivity index (χ4n) is 3.21. The maximum absolute atomic E-state index is 13.2. The summed E-state index contributed by atoms with van der Waals surface area (Å²) in [6, 6.07) is 17.1. The summed E-state index contributed by atoms with van der Waals surface area (Å²) in [4.78, 5) is 12.4. The summed E-state index contributed by atoms with van der Waals surface area (Å²) in [5.41, 5.74) is 2.09. The van der Waals surface area contributed by atoms with Gasteiger partial charge in [-0.15, -0.1) is 0 Å². The van der Waals surface area contributed by atoms with Crippen LogP contribution in [0.5, 0.6) is 0 Å². The number of nitrogens with one attached hydrogen (secondary N) is 1. The molecule has 1 saturated carbocycles. The zero-order valence-corrected chi connectivity index (χ0v) is 16.8. The topological polar surface area (TPSA) is 46.9 Å². The predicted octanol–water partition coefficient (Wildman–Crippen LogP) is 5.85. The summed E-state index contributed by atoms with van der Waals surface area (Å²) < 4.78 is 40.6. The van der Waals surface area contributed by atoms with Crippen LogP contribution in [0, 0.1) is 0 Å². The zero-order valence-electron chi connectivity index (χ0n) is 15.2. The molecule has 0 spiro atoms. The number of rotatable bonds is 5. The summed E-state index contributed by atoms with van der Waals surface area (Å²) in [5.74, 6) is -0.422. The van der Waals surface area contributed by atoms with E-state index >= 15 is 0 Å². The van der Waals surface area contributed by atoms with Crippen molar-refractivity contribution in [2.45, 2.75) is 31.5 Å². The molecule has 0 bridgehead atoms. The molecule has 0 unspecified atom stereocenters. The average molecular weight is 464 g/mol. The first-order valence-corrected chi connectivity index (χ1v) is 9.91. The van der Waals surface area contributed by atoms with Crippen molar-refractivity contribution in [1.82, 2.24) is 9.78 Å². The normalized spacial score (nSPS) is 14.1.